The molecule has 0 fully saturated rings. The smallest absolute Gasteiger partial charge is 0.272 e. The van der Waals surface area contributed by atoms with Crippen molar-refractivity contribution in [3.63, 3.8) is 0 Å². The topological polar surface area (TPSA) is 93.1 Å². The van der Waals surface area contributed by atoms with E-state index in [9.17, 15) is 14.4 Å². The molecule has 0 aliphatic heterocycles. The van der Waals surface area contributed by atoms with E-state index in [1.54, 1.807) is 0 Å². The van der Waals surface area contributed by atoms with Gasteiger partial charge in [-0.15, -0.1) is 0 Å². The van der Waals surface area contributed by atoms with E-state index in [4.69, 9.17) is 0 Å². The van der Waals surface area contributed by atoms with Gasteiger partial charge < -0.3 is 10.6 Å². The van der Waals surface area contributed by atoms with E-state index in [0.29, 0.717) is 6.54 Å². The molecule has 0 atom stereocenters. The third-order valence-corrected chi connectivity index (χ3v) is 2.39. The number of aryl methyl sites for hydroxylation is 1. The summed E-state index contributed by atoms with van der Waals surface area (Å²) in [4.78, 5) is 34.7. The summed E-state index contributed by atoms with van der Waals surface area (Å²) in [7, 11) is 0. The minimum Gasteiger partial charge on any atom is -0.352 e. The van der Waals surface area contributed by atoms with Gasteiger partial charge in [0.2, 0.25) is 5.91 Å². The zero-order valence-corrected chi connectivity index (χ0v) is 12.0. The Morgan fingerprint density at radius 3 is 2.65 bits per heavy atom. The van der Waals surface area contributed by atoms with Crippen LogP contribution in [0.3, 0.4) is 0 Å². The molecule has 0 radical (unpaired) electrons. The Balaban J connectivity index is 2.66. The Morgan fingerprint density at radius 1 is 1.35 bits per heavy atom. The molecular formula is C13H20N4O3. The minimum atomic E-state index is -0.478. The van der Waals surface area contributed by atoms with Crippen molar-refractivity contribution in [2.75, 3.05) is 6.54 Å². The highest BCUT2D eigenvalue weighted by Gasteiger charge is 2.11. The van der Waals surface area contributed by atoms with Gasteiger partial charge in [-0.1, -0.05) is 6.92 Å². The molecule has 1 aromatic rings. The van der Waals surface area contributed by atoms with Gasteiger partial charge >= 0.3 is 0 Å². The van der Waals surface area contributed by atoms with E-state index in [2.05, 4.69) is 15.7 Å². The molecule has 110 valence electrons. The number of aromatic nitrogens is 2. The number of carbonyl (C=O) groups is 2. The molecule has 0 saturated heterocycles. The summed E-state index contributed by atoms with van der Waals surface area (Å²) >= 11 is 0. The van der Waals surface area contributed by atoms with Crippen molar-refractivity contribution >= 4 is 11.8 Å². The van der Waals surface area contributed by atoms with Gasteiger partial charge in [0.25, 0.3) is 11.5 Å². The van der Waals surface area contributed by atoms with E-state index < -0.39 is 5.91 Å². The van der Waals surface area contributed by atoms with Crippen LogP contribution in [0.2, 0.25) is 0 Å². The lowest BCUT2D eigenvalue weighted by Crippen LogP contribution is -2.40. The number of carbonyl (C=O) groups excluding carboxylic acids is 2. The van der Waals surface area contributed by atoms with Crippen molar-refractivity contribution in [3.05, 3.63) is 28.2 Å². The van der Waals surface area contributed by atoms with E-state index in [0.717, 1.165) is 6.42 Å². The number of nitrogens with zero attached hydrogens (tertiary/aromatic N) is 2. The summed E-state index contributed by atoms with van der Waals surface area (Å²) < 4.78 is 1.24. The molecule has 20 heavy (non-hydrogen) atoms. The van der Waals surface area contributed by atoms with Crippen molar-refractivity contribution in [1.82, 2.24) is 20.4 Å². The van der Waals surface area contributed by atoms with Crippen LogP contribution in [0.4, 0.5) is 0 Å². The second-order valence-corrected chi connectivity index (χ2v) is 4.68. The first-order valence-electron chi connectivity index (χ1n) is 6.59. The number of nitrogens with one attached hydrogen (secondary N) is 2. The van der Waals surface area contributed by atoms with Crippen LogP contribution in [-0.4, -0.2) is 34.2 Å². The SMILES string of the molecule is CCCn1nc(C(=O)NCC(=O)NC(C)C)ccc1=O. The maximum atomic E-state index is 11.8. The standard InChI is InChI=1S/C13H20N4O3/c1-4-7-17-12(19)6-5-10(16-17)13(20)14-8-11(18)15-9(2)3/h5-6,9H,4,7-8H2,1-3H3,(H,14,20)(H,15,18). The highest BCUT2D eigenvalue weighted by molar-refractivity contribution is 5.94. The van der Waals surface area contributed by atoms with Gasteiger partial charge in [-0.3, -0.25) is 14.4 Å². The summed E-state index contributed by atoms with van der Waals surface area (Å²) in [6.45, 7) is 5.92. The van der Waals surface area contributed by atoms with Crippen molar-refractivity contribution in [3.8, 4) is 0 Å². The maximum absolute atomic E-state index is 11.8. The lowest BCUT2D eigenvalue weighted by Gasteiger charge is -2.09. The second kappa shape index (κ2) is 7.42. The summed E-state index contributed by atoms with van der Waals surface area (Å²) in [5, 5.41) is 9.09. The molecule has 0 aromatic carbocycles. The normalized spacial score (nSPS) is 10.4. The largest absolute Gasteiger partial charge is 0.352 e. The second-order valence-electron chi connectivity index (χ2n) is 4.68. The molecule has 0 bridgehead atoms. The molecular weight excluding hydrogens is 260 g/mol. The highest BCUT2D eigenvalue weighted by Crippen LogP contribution is 1.92. The van der Waals surface area contributed by atoms with Crippen LogP contribution in [0.5, 0.6) is 0 Å². The number of hydrogen-bond acceptors (Lipinski definition) is 4. The molecule has 1 rings (SSSR count). The fourth-order valence-electron chi connectivity index (χ4n) is 1.57. The van der Waals surface area contributed by atoms with Gasteiger partial charge in [-0.2, -0.15) is 5.10 Å². The molecule has 7 heteroatoms. The molecule has 0 aliphatic rings. The summed E-state index contributed by atoms with van der Waals surface area (Å²) in [6, 6.07) is 2.67. The highest BCUT2D eigenvalue weighted by atomic mass is 16.2. The van der Waals surface area contributed by atoms with Crippen LogP contribution in [0.25, 0.3) is 0 Å². The van der Waals surface area contributed by atoms with Crippen LogP contribution in [0, 0.1) is 0 Å². The minimum absolute atomic E-state index is 0.0176. The van der Waals surface area contributed by atoms with E-state index >= 15 is 0 Å². The Morgan fingerprint density at radius 2 is 2.05 bits per heavy atom. The molecule has 0 spiro atoms. The number of hydrogen-bond donors (Lipinski definition) is 2. The number of amides is 2. The van der Waals surface area contributed by atoms with Crippen molar-refractivity contribution in [2.45, 2.75) is 39.8 Å². The van der Waals surface area contributed by atoms with Gasteiger partial charge in [-0.05, 0) is 26.3 Å². The van der Waals surface area contributed by atoms with Crippen molar-refractivity contribution < 1.29 is 9.59 Å². The first-order valence-corrected chi connectivity index (χ1v) is 6.59. The maximum Gasteiger partial charge on any atom is 0.272 e. The Kier molecular flexibility index (Phi) is 5.89. The average Bonchev–Trinajstić information content (AvgIpc) is 2.38. The lowest BCUT2D eigenvalue weighted by atomic mass is 10.3. The molecule has 7 nitrogen and oxygen atoms in total. The third-order valence-electron chi connectivity index (χ3n) is 2.39. The molecule has 2 N–H and O–H groups in total. The molecule has 0 saturated carbocycles. The number of rotatable bonds is 6. The zero-order chi connectivity index (χ0) is 15.1. The van der Waals surface area contributed by atoms with E-state index in [1.165, 1.54) is 16.8 Å². The molecule has 1 aromatic heterocycles. The fraction of sp³-hybridized carbons (Fsp3) is 0.538. The predicted octanol–water partition coefficient (Wildman–Crippen LogP) is -0.0923. The monoisotopic (exact) mass is 280 g/mol. The van der Waals surface area contributed by atoms with Crippen LogP contribution in [-0.2, 0) is 11.3 Å². The summed E-state index contributed by atoms with van der Waals surface area (Å²) in [6.07, 6.45) is 0.745. The van der Waals surface area contributed by atoms with Gasteiger partial charge in [0.05, 0.1) is 6.54 Å². The average molecular weight is 280 g/mol. The van der Waals surface area contributed by atoms with Gasteiger partial charge in [0, 0.05) is 18.7 Å². The van der Waals surface area contributed by atoms with E-state index in [1.807, 2.05) is 20.8 Å². The molecule has 0 unspecified atom stereocenters. The van der Waals surface area contributed by atoms with Crippen LogP contribution in [0.1, 0.15) is 37.7 Å². The van der Waals surface area contributed by atoms with Crippen LogP contribution >= 0.6 is 0 Å². The fourth-order valence-corrected chi connectivity index (χ4v) is 1.57. The third kappa shape index (κ3) is 4.83. The van der Waals surface area contributed by atoms with Crippen molar-refractivity contribution in [2.24, 2.45) is 0 Å². The van der Waals surface area contributed by atoms with Crippen LogP contribution in [0.15, 0.2) is 16.9 Å². The van der Waals surface area contributed by atoms with Gasteiger partial charge in [0.15, 0.2) is 0 Å². The first kappa shape index (κ1) is 15.9. The summed E-state index contributed by atoms with van der Waals surface area (Å²) in [5.74, 6) is -0.746. The molecule has 0 aliphatic carbocycles. The van der Waals surface area contributed by atoms with Gasteiger partial charge in [-0.25, -0.2) is 4.68 Å². The Bertz CT molecular complexity index is 537. The zero-order valence-electron chi connectivity index (χ0n) is 12.0. The van der Waals surface area contributed by atoms with Crippen LogP contribution < -0.4 is 16.2 Å². The Hall–Kier alpha value is -2.18. The first-order chi connectivity index (χ1) is 9.43. The molecule has 2 amide bonds. The molecule has 1 heterocycles. The Labute approximate surface area is 117 Å². The lowest BCUT2D eigenvalue weighted by molar-refractivity contribution is -0.120. The predicted molar refractivity (Wildman–Crippen MR) is 74.4 cm³/mol. The summed E-state index contributed by atoms with van der Waals surface area (Å²) in [5.41, 5.74) is -0.128. The van der Waals surface area contributed by atoms with Crippen molar-refractivity contribution in [1.29, 1.82) is 0 Å². The van der Waals surface area contributed by atoms with Gasteiger partial charge in [0.1, 0.15) is 5.69 Å². The van der Waals surface area contributed by atoms with E-state index in [-0.39, 0.29) is 29.7 Å². The quantitative estimate of drug-likeness (QED) is 0.761.